The molecular formula is C15H21ClO. The van der Waals surface area contributed by atoms with Gasteiger partial charge in [-0.2, -0.15) is 0 Å². The normalized spacial score (nSPS) is 33.7. The summed E-state index contributed by atoms with van der Waals surface area (Å²) in [4.78, 5) is 0. The summed E-state index contributed by atoms with van der Waals surface area (Å²) in [5, 5.41) is 11.5. The molecule has 2 rings (SSSR count). The zero-order valence-electron chi connectivity index (χ0n) is 10.8. The van der Waals surface area contributed by atoms with E-state index in [1.54, 1.807) is 0 Å². The third kappa shape index (κ3) is 2.51. The first-order chi connectivity index (χ1) is 7.92. The van der Waals surface area contributed by atoms with E-state index in [0.717, 1.165) is 35.4 Å². The summed E-state index contributed by atoms with van der Waals surface area (Å²) in [5.41, 5.74) is 1.37. The van der Waals surface area contributed by atoms with Crippen molar-refractivity contribution in [3.63, 3.8) is 0 Å². The average Bonchev–Trinajstić information content (AvgIpc) is 2.28. The second kappa shape index (κ2) is 4.62. The number of halogens is 1. The number of hydrogen-bond donors (Lipinski definition) is 1. The minimum absolute atomic E-state index is 0.564. The standard InChI is InChI=1S/C15H21ClO/c1-10-6-7-15(17,9-12(10)3)13-5-4-11(2)14(16)8-13/h4-5,8,10,12,17H,6-7,9H2,1-3H3. The van der Waals surface area contributed by atoms with Crippen LogP contribution < -0.4 is 0 Å². The summed E-state index contributed by atoms with van der Waals surface area (Å²) in [6, 6.07) is 5.95. The Morgan fingerprint density at radius 1 is 1.29 bits per heavy atom. The molecule has 0 aliphatic heterocycles. The Kier molecular flexibility index (Phi) is 3.51. The fraction of sp³-hybridized carbons (Fsp3) is 0.600. The monoisotopic (exact) mass is 252 g/mol. The molecule has 0 amide bonds. The van der Waals surface area contributed by atoms with Crippen molar-refractivity contribution in [1.29, 1.82) is 0 Å². The molecule has 3 atom stereocenters. The molecule has 1 nitrogen and oxygen atoms in total. The van der Waals surface area contributed by atoms with Crippen LogP contribution >= 0.6 is 11.6 Å². The Bertz CT molecular complexity index is 415. The van der Waals surface area contributed by atoms with Gasteiger partial charge in [0.1, 0.15) is 0 Å². The first kappa shape index (κ1) is 12.9. The summed E-state index contributed by atoms with van der Waals surface area (Å²) < 4.78 is 0. The zero-order valence-corrected chi connectivity index (χ0v) is 11.6. The minimum atomic E-state index is -0.677. The van der Waals surface area contributed by atoms with Crippen molar-refractivity contribution >= 4 is 11.6 Å². The van der Waals surface area contributed by atoms with Crippen molar-refractivity contribution < 1.29 is 5.11 Å². The van der Waals surface area contributed by atoms with E-state index in [-0.39, 0.29) is 0 Å². The lowest BCUT2D eigenvalue weighted by Crippen LogP contribution is -2.35. The maximum absolute atomic E-state index is 10.8. The molecule has 1 aliphatic rings. The van der Waals surface area contributed by atoms with Gasteiger partial charge in [0.05, 0.1) is 5.60 Å². The van der Waals surface area contributed by atoms with Crippen LogP contribution in [0.1, 0.15) is 44.2 Å². The van der Waals surface area contributed by atoms with E-state index in [2.05, 4.69) is 13.8 Å². The van der Waals surface area contributed by atoms with Crippen molar-refractivity contribution in [2.24, 2.45) is 11.8 Å². The highest BCUT2D eigenvalue weighted by Crippen LogP contribution is 2.43. The molecule has 0 heterocycles. The van der Waals surface area contributed by atoms with Gasteiger partial charge in [0.15, 0.2) is 0 Å². The van der Waals surface area contributed by atoms with Gasteiger partial charge in [-0.1, -0.05) is 37.6 Å². The molecule has 17 heavy (non-hydrogen) atoms. The van der Waals surface area contributed by atoms with Crippen molar-refractivity contribution in [1.82, 2.24) is 0 Å². The molecule has 0 saturated heterocycles. The van der Waals surface area contributed by atoms with Crippen molar-refractivity contribution in [2.45, 2.75) is 45.6 Å². The third-order valence-electron chi connectivity index (χ3n) is 4.35. The van der Waals surface area contributed by atoms with Gasteiger partial charge in [-0.25, -0.2) is 0 Å². The van der Waals surface area contributed by atoms with Crippen LogP contribution in [0.25, 0.3) is 0 Å². The molecule has 1 aromatic rings. The van der Waals surface area contributed by atoms with Gasteiger partial charge in [0.25, 0.3) is 0 Å². The second-order valence-corrected chi connectivity index (χ2v) is 6.10. The van der Waals surface area contributed by atoms with E-state index in [0.29, 0.717) is 11.8 Å². The second-order valence-electron chi connectivity index (χ2n) is 5.69. The number of aryl methyl sites for hydroxylation is 1. The van der Waals surface area contributed by atoms with E-state index in [1.807, 2.05) is 25.1 Å². The van der Waals surface area contributed by atoms with Gasteiger partial charge >= 0.3 is 0 Å². The fourth-order valence-corrected chi connectivity index (χ4v) is 2.91. The topological polar surface area (TPSA) is 20.2 Å². The van der Waals surface area contributed by atoms with Crippen LogP contribution in [0.5, 0.6) is 0 Å². The van der Waals surface area contributed by atoms with Crippen LogP contribution in [0.4, 0.5) is 0 Å². The van der Waals surface area contributed by atoms with Crippen molar-refractivity contribution in [3.8, 4) is 0 Å². The van der Waals surface area contributed by atoms with E-state index < -0.39 is 5.60 Å². The maximum Gasteiger partial charge on any atom is 0.0899 e. The molecule has 94 valence electrons. The highest BCUT2D eigenvalue weighted by atomic mass is 35.5. The Morgan fingerprint density at radius 2 is 2.00 bits per heavy atom. The zero-order chi connectivity index (χ0) is 12.6. The molecule has 1 N–H and O–H groups in total. The SMILES string of the molecule is Cc1ccc(C2(O)CCC(C)C(C)C2)cc1Cl. The summed E-state index contributed by atoms with van der Waals surface area (Å²) in [5.74, 6) is 1.27. The number of rotatable bonds is 1. The molecule has 0 spiro atoms. The molecule has 0 radical (unpaired) electrons. The van der Waals surface area contributed by atoms with E-state index in [9.17, 15) is 5.11 Å². The first-order valence-corrected chi connectivity index (χ1v) is 6.79. The number of aliphatic hydroxyl groups is 1. The van der Waals surface area contributed by atoms with Crippen LogP contribution in [-0.2, 0) is 5.60 Å². The lowest BCUT2D eigenvalue weighted by atomic mass is 9.70. The van der Waals surface area contributed by atoms with Crippen LogP contribution in [0.3, 0.4) is 0 Å². The first-order valence-electron chi connectivity index (χ1n) is 6.41. The Labute approximate surface area is 109 Å². The van der Waals surface area contributed by atoms with E-state index in [4.69, 9.17) is 11.6 Å². The average molecular weight is 253 g/mol. The van der Waals surface area contributed by atoms with Gasteiger partial charge in [-0.05, 0) is 55.2 Å². The van der Waals surface area contributed by atoms with Gasteiger partial charge in [0, 0.05) is 5.02 Å². The van der Waals surface area contributed by atoms with Gasteiger partial charge in [0.2, 0.25) is 0 Å². The lowest BCUT2D eigenvalue weighted by molar-refractivity contribution is -0.0336. The molecule has 0 aromatic heterocycles. The molecule has 2 heteroatoms. The summed E-state index contributed by atoms with van der Waals surface area (Å²) >= 11 is 6.15. The minimum Gasteiger partial charge on any atom is -0.385 e. The summed E-state index contributed by atoms with van der Waals surface area (Å²) in [7, 11) is 0. The molecule has 1 fully saturated rings. The van der Waals surface area contributed by atoms with Crippen molar-refractivity contribution in [3.05, 3.63) is 34.3 Å². The molecule has 1 saturated carbocycles. The maximum atomic E-state index is 10.8. The summed E-state index contributed by atoms with van der Waals surface area (Å²) in [6.07, 6.45) is 2.77. The lowest BCUT2D eigenvalue weighted by Gasteiger charge is -2.39. The van der Waals surface area contributed by atoms with Crippen molar-refractivity contribution in [2.75, 3.05) is 0 Å². The molecule has 1 aromatic carbocycles. The van der Waals surface area contributed by atoms with Gasteiger partial charge in [-0.15, -0.1) is 0 Å². The fourth-order valence-electron chi connectivity index (χ4n) is 2.73. The predicted molar refractivity (Wildman–Crippen MR) is 72.3 cm³/mol. The number of benzene rings is 1. The largest absolute Gasteiger partial charge is 0.385 e. The quantitative estimate of drug-likeness (QED) is 0.791. The highest BCUT2D eigenvalue weighted by molar-refractivity contribution is 6.31. The Morgan fingerprint density at radius 3 is 2.59 bits per heavy atom. The predicted octanol–water partition coefficient (Wildman–Crippen LogP) is 4.29. The van der Waals surface area contributed by atoms with E-state index in [1.165, 1.54) is 0 Å². The van der Waals surface area contributed by atoms with Crippen LogP contribution in [0, 0.1) is 18.8 Å². The van der Waals surface area contributed by atoms with Crippen LogP contribution in [0.15, 0.2) is 18.2 Å². The highest BCUT2D eigenvalue weighted by Gasteiger charge is 2.37. The molecule has 0 bridgehead atoms. The molecular weight excluding hydrogens is 232 g/mol. The Hall–Kier alpha value is -0.530. The van der Waals surface area contributed by atoms with E-state index >= 15 is 0 Å². The Balaban J connectivity index is 2.29. The smallest absolute Gasteiger partial charge is 0.0899 e. The van der Waals surface area contributed by atoms with Gasteiger partial charge in [-0.3, -0.25) is 0 Å². The van der Waals surface area contributed by atoms with Gasteiger partial charge < -0.3 is 5.11 Å². The molecule has 3 unspecified atom stereocenters. The summed E-state index contributed by atoms with van der Waals surface area (Å²) in [6.45, 7) is 6.48. The molecule has 1 aliphatic carbocycles. The number of hydrogen-bond acceptors (Lipinski definition) is 1. The van der Waals surface area contributed by atoms with Crippen LogP contribution in [0.2, 0.25) is 5.02 Å². The third-order valence-corrected chi connectivity index (χ3v) is 4.76. The van der Waals surface area contributed by atoms with Crippen LogP contribution in [-0.4, -0.2) is 5.11 Å².